The number of nitrogens with one attached hydrogen (secondary N) is 1. The predicted molar refractivity (Wildman–Crippen MR) is 83.1 cm³/mol. The Bertz CT molecular complexity index is 758. The van der Waals surface area contributed by atoms with Gasteiger partial charge in [0.15, 0.2) is 0 Å². The number of aromatic nitrogens is 1. The summed E-state index contributed by atoms with van der Waals surface area (Å²) in [7, 11) is 0. The molecule has 1 heterocycles. The minimum atomic E-state index is -0.519. The van der Waals surface area contributed by atoms with Gasteiger partial charge in [-0.1, -0.05) is 6.07 Å². The number of nitrogens with two attached hydrogens (primary N) is 1. The summed E-state index contributed by atoms with van der Waals surface area (Å²) < 4.78 is 2.32. The van der Waals surface area contributed by atoms with Gasteiger partial charge in [-0.25, -0.2) is 0 Å². The molecule has 0 saturated heterocycles. The van der Waals surface area contributed by atoms with Gasteiger partial charge in [0, 0.05) is 22.3 Å². The van der Waals surface area contributed by atoms with Crippen LogP contribution in [-0.2, 0) is 6.54 Å². The van der Waals surface area contributed by atoms with Gasteiger partial charge in [0.05, 0.1) is 11.5 Å². The van der Waals surface area contributed by atoms with Crippen LogP contribution < -0.4 is 16.8 Å². The molecule has 0 spiro atoms. The van der Waals surface area contributed by atoms with Crippen molar-refractivity contribution in [2.75, 3.05) is 5.43 Å². The Labute approximate surface area is 128 Å². The lowest BCUT2D eigenvalue weighted by atomic mass is 10.1. The van der Waals surface area contributed by atoms with Crippen molar-refractivity contribution in [1.82, 2.24) is 4.57 Å². The van der Waals surface area contributed by atoms with E-state index in [9.17, 15) is 14.9 Å². The quantitative estimate of drug-likeness (QED) is 0.498. The zero-order chi connectivity index (χ0) is 15.6. The molecule has 3 N–H and O–H groups in total. The van der Waals surface area contributed by atoms with Gasteiger partial charge in [-0.2, -0.15) is 0 Å². The number of halogens is 1. The molecular formula is C13H13BrN4O3. The van der Waals surface area contributed by atoms with Gasteiger partial charge in [-0.15, -0.1) is 0 Å². The first-order valence-electron chi connectivity index (χ1n) is 6.03. The number of rotatable bonds is 4. The number of nitro benzene ring substituents is 1. The Hall–Kier alpha value is -2.19. The first-order valence-corrected chi connectivity index (χ1v) is 6.82. The highest BCUT2D eigenvalue weighted by molar-refractivity contribution is 9.10. The molecule has 7 nitrogen and oxygen atoms in total. The van der Waals surface area contributed by atoms with Crippen molar-refractivity contribution in [3.05, 3.63) is 66.5 Å². The summed E-state index contributed by atoms with van der Waals surface area (Å²) in [5.74, 6) is 5.30. The van der Waals surface area contributed by atoms with Gasteiger partial charge in [-0.05, 0) is 40.5 Å². The summed E-state index contributed by atoms with van der Waals surface area (Å²) in [6, 6.07) is 6.25. The van der Waals surface area contributed by atoms with Crippen molar-refractivity contribution in [1.29, 1.82) is 0 Å². The van der Waals surface area contributed by atoms with Gasteiger partial charge in [0.2, 0.25) is 0 Å². The molecular weight excluding hydrogens is 340 g/mol. The molecule has 8 heteroatoms. The fraction of sp³-hybridized carbons (Fsp3) is 0.154. The smallest absolute Gasteiger partial charge is 0.293 e. The maximum atomic E-state index is 12.0. The molecule has 0 radical (unpaired) electrons. The van der Waals surface area contributed by atoms with Crippen molar-refractivity contribution in [2.45, 2.75) is 13.5 Å². The lowest BCUT2D eigenvalue weighted by molar-refractivity contribution is -0.384. The highest BCUT2D eigenvalue weighted by Gasteiger charge is 2.13. The lowest BCUT2D eigenvalue weighted by Gasteiger charge is -2.09. The van der Waals surface area contributed by atoms with Crippen LogP contribution in [0.1, 0.15) is 11.1 Å². The number of pyridine rings is 1. The van der Waals surface area contributed by atoms with E-state index < -0.39 is 4.92 Å². The molecule has 0 saturated carbocycles. The maximum Gasteiger partial charge on any atom is 0.293 e. The molecule has 0 atom stereocenters. The van der Waals surface area contributed by atoms with Crippen molar-refractivity contribution in [3.8, 4) is 0 Å². The summed E-state index contributed by atoms with van der Waals surface area (Å²) in [5, 5.41) is 10.8. The van der Waals surface area contributed by atoms with Crippen molar-refractivity contribution >= 4 is 27.3 Å². The number of benzene rings is 1. The first kappa shape index (κ1) is 15.2. The second-order valence-electron chi connectivity index (χ2n) is 4.53. The molecule has 1 aromatic carbocycles. The standard InChI is InChI=1S/C13H13BrN4O3/c1-8-4-10(14)7-17(13(8)19)6-9-2-3-12(18(20)21)11(5-9)16-15/h2-5,7,16H,6,15H2,1H3. The highest BCUT2D eigenvalue weighted by Crippen LogP contribution is 2.24. The van der Waals surface area contributed by atoms with Crippen molar-refractivity contribution < 1.29 is 4.92 Å². The summed E-state index contributed by atoms with van der Waals surface area (Å²) in [6.45, 7) is 2.03. The largest absolute Gasteiger partial charge is 0.318 e. The third kappa shape index (κ3) is 3.29. The number of nitrogens with zero attached hydrogens (tertiary/aromatic N) is 2. The summed E-state index contributed by atoms with van der Waals surface area (Å²) in [6.07, 6.45) is 1.67. The SMILES string of the molecule is Cc1cc(Br)cn(Cc2ccc([N+](=O)[O-])c(NN)c2)c1=O. The van der Waals surface area contributed by atoms with Gasteiger partial charge in [0.25, 0.3) is 11.2 Å². The summed E-state index contributed by atoms with van der Waals surface area (Å²) in [5.41, 5.74) is 3.63. The average molecular weight is 353 g/mol. The van der Waals surface area contributed by atoms with Gasteiger partial charge < -0.3 is 9.99 Å². The first-order chi connectivity index (χ1) is 9.92. The minimum Gasteiger partial charge on any atom is -0.318 e. The fourth-order valence-electron chi connectivity index (χ4n) is 2.01. The number of hydrazine groups is 1. The van der Waals surface area contributed by atoms with Crippen molar-refractivity contribution in [3.63, 3.8) is 0 Å². The van der Waals surface area contributed by atoms with Gasteiger partial charge in [-0.3, -0.25) is 20.8 Å². The Morgan fingerprint density at radius 2 is 2.14 bits per heavy atom. The number of nitrogen functional groups attached to an aromatic ring is 1. The third-order valence-corrected chi connectivity index (χ3v) is 3.43. The van der Waals surface area contributed by atoms with Crippen LogP contribution in [-0.4, -0.2) is 9.49 Å². The van der Waals surface area contributed by atoms with Gasteiger partial charge in [0.1, 0.15) is 5.69 Å². The van der Waals surface area contributed by atoms with Crippen LogP contribution in [0.4, 0.5) is 11.4 Å². The molecule has 1 aromatic heterocycles. The number of hydrogen-bond donors (Lipinski definition) is 2. The Balaban J connectivity index is 2.41. The molecule has 110 valence electrons. The summed E-state index contributed by atoms with van der Waals surface area (Å²) >= 11 is 3.34. The number of hydrogen-bond acceptors (Lipinski definition) is 5. The minimum absolute atomic E-state index is 0.112. The van der Waals surface area contributed by atoms with Crippen LogP contribution in [0.15, 0.2) is 39.7 Å². The van der Waals surface area contributed by atoms with Crippen LogP contribution in [0.25, 0.3) is 0 Å². The Morgan fingerprint density at radius 3 is 2.76 bits per heavy atom. The highest BCUT2D eigenvalue weighted by atomic mass is 79.9. The molecule has 0 aliphatic heterocycles. The van der Waals surface area contributed by atoms with E-state index in [1.807, 2.05) is 0 Å². The second kappa shape index (κ2) is 6.06. The van der Waals surface area contributed by atoms with Gasteiger partial charge >= 0.3 is 0 Å². The normalized spacial score (nSPS) is 10.4. The number of aryl methyl sites for hydroxylation is 1. The molecule has 2 rings (SSSR count). The Morgan fingerprint density at radius 1 is 1.43 bits per heavy atom. The fourth-order valence-corrected chi connectivity index (χ4v) is 2.60. The van der Waals surface area contributed by atoms with E-state index in [2.05, 4.69) is 21.4 Å². The predicted octanol–water partition coefficient (Wildman–Crippen LogP) is 2.16. The monoisotopic (exact) mass is 352 g/mol. The van der Waals surface area contributed by atoms with Crippen LogP contribution in [0.5, 0.6) is 0 Å². The van der Waals surface area contributed by atoms with E-state index in [4.69, 9.17) is 5.84 Å². The van der Waals surface area contributed by atoms with Crippen molar-refractivity contribution in [2.24, 2.45) is 5.84 Å². The molecule has 0 bridgehead atoms. The maximum absolute atomic E-state index is 12.0. The number of anilines is 1. The van der Waals surface area contributed by atoms with E-state index in [1.54, 1.807) is 31.3 Å². The zero-order valence-corrected chi connectivity index (χ0v) is 12.8. The summed E-state index contributed by atoms with van der Waals surface area (Å²) in [4.78, 5) is 22.4. The molecule has 21 heavy (non-hydrogen) atoms. The zero-order valence-electron chi connectivity index (χ0n) is 11.2. The molecule has 2 aromatic rings. The van der Waals surface area contributed by atoms with E-state index in [-0.39, 0.29) is 16.9 Å². The molecule has 0 amide bonds. The van der Waals surface area contributed by atoms with Crippen LogP contribution in [0.2, 0.25) is 0 Å². The average Bonchev–Trinajstić information content (AvgIpc) is 2.43. The van der Waals surface area contributed by atoms with E-state index in [0.29, 0.717) is 12.1 Å². The molecule has 0 aliphatic rings. The molecule has 0 unspecified atom stereocenters. The van der Waals surface area contributed by atoms with Crippen LogP contribution >= 0.6 is 15.9 Å². The third-order valence-electron chi connectivity index (χ3n) is 3.00. The van der Waals surface area contributed by atoms with Crippen LogP contribution in [0.3, 0.4) is 0 Å². The topological polar surface area (TPSA) is 103 Å². The van der Waals surface area contributed by atoms with E-state index in [1.165, 1.54) is 10.6 Å². The molecule has 0 aliphatic carbocycles. The Kier molecular flexibility index (Phi) is 4.39. The van der Waals surface area contributed by atoms with E-state index >= 15 is 0 Å². The second-order valence-corrected chi connectivity index (χ2v) is 5.44. The lowest BCUT2D eigenvalue weighted by Crippen LogP contribution is -2.22. The van der Waals surface area contributed by atoms with E-state index in [0.717, 1.165) is 10.0 Å². The number of nitro groups is 1. The van der Waals surface area contributed by atoms with Crippen LogP contribution in [0, 0.1) is 17.0 Å². The molecule has 0 fully saturated rings.